The minimum atomic E-state index is -1.07. The molecule has 2 amide bonds. The number of benzene rings is 4. The number of carboxylic acids is 1. The Hall–Kier alpha value is -5.39. The fourth-order valence-corrected chi connectivity index (χ4v) is 6.13. The normalized spacial score (nSPS) is 12.0. The van der Waals surface area contributed by atoms with Crippen LogP contribution in [-0.2, 0) is 22.7 Å². The molecule has 1 aliphatic heterocycles. The molecule has 0 unspecified atom stereocenters. The van der Waals surface area contributed by atoms with Crippen molar-refractivity contribution >= 4 is 46.7 Å². The highest BCUT2D eigenvalue weighted by Gasteiger charge is 2.28. The van der Waals surface area contributed by atoms with Gasteiger partial charge in [0.05, 0.1) is 38.0 Å². The van der Waals surface area contributed by atoms with Gasteiger partial charge in [-0.15, -0.1) is 0 Å². The number of carboxylic acid groups (broad SMARTS) is 1. The number of nitrogens with one attached hydrogen (secondary N) is 1. The Bertz CT molecular complexity index is 2100. The molecule has 13 heteroatoms. The van der Waals surface area contributed by atoms with Crippen LogP contribution in [0.1, 0.15) is 46.3 Å². The number of ether oxygens (including phenoxy) is 2. The molecule has 0 bridgehead atoms. The molecule has 1 aliphatic rings. The smallest absolute Gasteiger partial charge is 0.305 e. The molecule has 5 aromatic rings. The molecule has 0 saturated carbocycles. The zero-order chi connectivity index (χ0) is 36.1. The van der Waals surface area contributed by atoms with E-state index in [9.17, 15) is 14.4 Å². The van der Waals surface area contributed by atoms with E-state index in [-0.39, 0.29) is 48.0 Å². The molecule has 2 heterocycles. The monoisotopic (exact) mass is 730 g/mol. The van der Waals surface area contributed by atoms with Crippen molar-refractivity contribution in [3.63, 3.8) is 0 Å². The molecule has 51 heavy (non-hydrogen) atoms. The molecule has 4 aromatic carbocycles. The van der Waals surface area contributed by atoms with E-state index in [1.54, 1.807) is 23.4 Å². The number of nitrogens with zero attached hydrogens (tertiary/aromatic N) is 3. The standard InChI is InChI=1S/C38H33Cl2FN4O6/c1-23-29(39)9-5-12-33(23)50-16-6-13-35(46)45-21-24-7-2-3-11-34(24)51-37-27(8-4-10-32(37)45)26-19-43-44(20-26)22-28-30(40)17-25(18-31(28)41)38(49)42-15-14-36(47)48/h2-5,7-12,17-20H,6,13-16,21-22H2,1H3,(H,42,49)(H,47,48). The fourth-order valence-electron chi connectivity index (χ4n) is 5.70. The number of hydrogen-bond donors (Lipinski definition) is 2. The molecule has 0 fully saturated rings. The highest BCUT2D eigenvalue weighted by molar-refractivity contribution is 6.32. The lowest BCUT2D eigenvalue weighted by Crippen LogP contribution is -2.30. The van der Waals surface area contributed by atoms with E-state index in [1.165, 1.54) is 10.7 Å². The summed E-state index contributed by atoms with van der Waals surface area (Å²) in [4.78, 5) is 38.6. The van der Waals surface area contributed by atoms with Gasteiger partial charge in [0, 0.05) is 62.6 Å². The molecule has 0 atom stereocenters. The molecule has 6 rings (SSSR count). The summed E-state index contributed by atoms with van der Waals surface area (Å²) >= 11 is 12.6. The molecular weight excluding hydrogens is 698 g/mol. The predicted molar refractivity (Wildman–Crippen MR) is 191 cm³/mol. The number of aromatic nitrogens is 2. The number of rotatable bonds is 12. The summed E-state index contributed by atoms with van der Waals surface area (Å²) in [6, 6.07) is 21.0. The zero-order valence-electron chi connectivity index (χ0n) is 27.5. The van der Waals surface area contributed by atoms with Crippen molar-refractivity contribution in [3.8, 4) is 28.4 Å². The Morgan fingerprint density at radius 1 is 1.02 bits per heavy atom. The van der Waals surface area contributed by atoms with Crippen LogP contribution in [0, 0.1) is 12.7 Å². The number of carbonyl (C=O) groups excluding carboxylic acids is 2. The van der Waals surface area contributed by atoms with E-state index in [2.05, 4.69) is 10.4 Å². The quantitative estimate of drug-likeness (QED) is 0.125. The predicted octanol–water partition coefficient (Wildman–Crippen LogP) is 8.06. The average molecular weight is 732 g/mol. The number of anilines is 1. The Morgan fingerprint density at radius 3 is 2.63 bits per heavy atom. The summed E-state index contributed by atoms with van der Waals surface area (Å²) < 4.78 is 29.2. The highest BCUT2D eigenvalue weighted by atomic mass is 35.5. The minimum Gasteiger partial charge on any atom is -0.493 e. The molecule has 0 saturated heterocycles. The van der Waals surface area contributed by atoms with Gasteiger partial charge in [-0.05, 0) is 49.7 Å². The second-order valence-electron chi connectivity index (χ2n) is 11.9. The van der Waals surface area contributed by atoms with Gasteiger partial charge in [0.25, 0.3) is 5.91 Å². The Labute approximate surface area is 303 Å². The van der Waals surface area contributed by atoms with Crippen molar-refractivity contribution in [2.45, 2.75) is 39.3 Å². The molecule has 262 valence electrons. The summed E-state index contributed by atoms with van der Waals surface area (Å²) in [5.74, 6) is -0.728. The third kappa shape index (κ3) is 8.16. The maximum absolute atomic E-state index is 15.2. The number of halogens is 3. The Morgan fingerprint density at radius 2 is 1.82 bits per heavy atom. The molecule has 1 aromatic heterocycles. The number of para-hydroxylation sites is 2. The van der Waals surface area contributed by atoms with Crippen molar-refractivity contribution < 1.29 is 33.4 Å². The molecule has 10 nitrogen and oxygen atoms in total. The van der Waals surface area contributed by atoms with Crippen molar-refractivity contribution in [1.29, 1.82) is 0 Å². The van der Waals surface area contributed by atoms with Crippen LogP contribution in [0.4, 0.5) is 10.1 Å². The first-order chi connectivity index (χ1) is 24.6. The molecule has 0 aliphatic carbocycles. The molecule has 0 radical (unpaired) electrons. The first kappa shape index (κ1) is 35.4. The topological polar surface area (TPSA) is 123 Å². The minimum absolute atomic E-state index is 0.0196. The molecule has 0 spiro atoms. The van der Waals surface area contributed by atoms with Crippen molar-refractivity contribution in [2.24, 2.45) is 0 Å². The number of amides is 2. The fraction of sp³-hybridized carbons (Fsp3) is 0.211. The van der Waals surface area contributed by atoms with Crippen molar-refractivity contribution in [1.82, 2.24) is 15.1 Å². The lowest BCUT2D eigenvalue weighted by atomic mass is 10.1. The van der Waals surface area contributed by atoms with Gasteiger partial charge in [0.1, 0.15) is 17.3 Å². The van der Waals surface area contributed by atoms with E-state index in [0.29, 0.717) is 58.7 Å². The highest BCUT2D eigenvalue weighted by Crippen LogP contribution is 2.45. The van der Waals surface area contributed by atoms with E-state index < -0.39 is 17.7 Å². The van der Waals surface area contributed by atoms with Gasteiger partial charge in [0.2, 0.25) is 5.91 Å². The van der Waals surface area contributed by atoms with Gasteiger partial charge < -0.3 is 24.8 Å². The third-order valence-corrected chi connectivity index (χ3v) is 9.15. The van der Waals surface area contributed by atoms with Gasteiger partial charge in [-0.2, -0.15) is 5.10 Å². The molecular formula is C38H33Cl2FN4O6. The van der Waals surface area contributed by atoms with Crippen molar-refractivity contribution in [2.75, 3.05) is 18.1 Å². The van der Waals surface area contributed by atoms with Crippen LogP contribution in [0.2, 0.25) is 10.0 Å². The number of aliphatic carboxylic acids is 1. The van der Waals surface area contributed by atoms with Crippen LogP contribution in [0.5, 0.6) is 17.2 Å². The van der Waals surface area contributed by atoms with Crippen LogP contribution in [-0.4, -0.2) is 45.8 Å². The number of hydrogen-bond acceptors (Lipinski definition) is 6. The number of carbonyl (C=O) groups is 3. The first-order valence-electron chi connectivity index (χ1n) is 16.2. The van der Waals surface area contributed by atoms with Gasteiger partial charge in [-0.25, -0.2) is 4.39 Å². The summed E-state index contributed by atoms with van der Waals surface area (Å²) in [7, 11) is 0. The molecule has 2 N–H and O–H groups in total. The second-order valence-corrected chi connectivity index (χ2v) is 12.7. The van der Waals surface area contributed by atoms with Gasteiger partial charge >= 0.3 is 5.97 Å². The van der Waals surface area contributed by atoms with Gasteiger partial charge in [-0.1, -0.05) is 59.6 Å². The summed E-state index contributed by atoms with van der Waals surface area (Å²) in [5, 5.41) is 16.3. The van der Waals surface area contributed by atoms with Crippen LogP contribution in [0.25, 0.3) is 11.1 Å². The van der Waals surface area contributed by atoms with Crippen LogP contribution >= 0.6 is 23.2 Å². The Kier molecular flexibility index (Phi) is 10.9. The largest absolute Gasteiger partial charge is 0.493 e. The van der Waals surface area contributed by atoms with E-state index in [4.69, 9.17) is 37.8 Å². The maximum Gasteiger partial charge on any atom is 0.305 e. The summed E-state index contributed by atoms with van der Waals surface area (Å²) in [6.45, 7) is 2.40. The van der Waals surface area contributed by atoms with Crippen LogP contribution < -0.4 is 19.7 Å². The van der Waals surface area contributed by atoms with Gasteiger partial charge in [-0.3, -0.25) is 19.1 Å². The lowest BCUT2D eigenvalue weighted by Gasteiger charge is -2.23. The maximum atomic E-state index is 15.2. The SMILES string of the molecule is Cc1c(Cl)cccc1OCCCC(=O)N1Cc2ccccc2Oc2c(-c3cnn(Cc4c(F)cc(C(=O)NCCC(=O)O)cc4Cl)c3)cccc21. The van der Waals surface area contributed by atoms with Gasteiger partial charge in [0.15, 0.2) is 5.75 Å². The second kappa shape index (κ2) is 15.7. The lowest BCUT2D eigenvalue weighted by molar-refractivity contribution is -0.136. The average Bonchev–Trinajstić information content (AvgIpc) is 3.50. The van der Waals surface area contributed by atoms with Crippen LogP contribution in [0.3, 0.4) is 0 Å². The summed E-state index contributed by atoms with van der Waals surface area (Å²) in [6.07, 6.45) is 3.80. The van der Waals surface area contributed by atoms with E-state index >= 15 is 4.39 Å². The van der Waals surface area contributed by atoms with E-state index in [1.807, 2.05) is 61.5 Å². The number of fused-ring (bicyclic) bond motifs is 2. The van der Waals surface area contributed by atoms with Crippen LogP contribution in [0.15, 0.2) is 85.2 Å². The van der Waals surface area contributed by atoms with Crippen molar-refractivity contribution in [3.05, 3.63) is 123 Å². The zero-order valence-corrected chi connectivity index (χ0v) is 29.0. The first-order valence-corrected chi connectivity index (χ1v) is 16.9. The Balaban J connectivity index is 1.21. The van der Waals surface area contributed by atoms with E-state index in [0.717, 1.165) is 17.2 Å². The third-order valence-electron chi connectivity index (χ3n) is 8.40. The summed E-state index contributed by atoms with van der Waals surface area (Å²) in [5.41, 5.74) is 3.72.